The van der Waals surface area contributed by atoms with E-state index in [4.69, 9.17) is 10.00 Å². The summed E-state index contributed by atoms with van der Waals surface area (Å²) in [5.74, 6) is 1.16. The maximum Gasteiger partial charge on any atom is 0.255 e. The van der Waals surface area contributed by atoms with Gasteiger partial charge in [0, 0.05) is 51.2 Å². The Labute approximate surface area is 216 Å². The van der Waals surface area contributed by atoms with Gasteiger partial charge < -0.3 is 14.5 Å². The van der Waals surface area contributed by atoms with Crippen molar-refractivity contribution < 1.29 is 13.9 Å². The van der Waals surface area contributed by atoms with Gasteiger partial charge in [-0.15, -0.1) is 0 Å². The van der Waals surface area contributed by atoms with E-state index in [1.54, 1.807) is 24.3 Å². The van der Waals surface area contributed by atoms with Crippen molar-refractivity contribution in [2.45, 2.75) is 6.54 Å². The molecule has 0 atom stereocenters. The second-order valence-corrected chi connectivity index (χ2v) is 9.07. The van der Waals surface area contributed by atoms with Crippen LogP contribution in [-0.2, 0) is 11.3 Å². The molecule has 3 aromatic carbocycles. The number of carbonyl (C=O) groups is 1. The average molecular weight is 495 g/mol. The van der Waals surface area contributed by atoms with Gasteiger partial charge in [0.25, 0.3) is 5.91 Å². The van der Waals surface area contributed by atoms with Gasteiger partial charge in [-0.3, -0.25) is 9.69 Å². The fraction of sp³-hybridized carbons (Fsp3) is 0.200. The molecule has 0 radical (unpaired) electrons. The molecule has 1 fully saturated rings. The van der Waals surface area contributed by atoms with Crippen molar-refractivity contribution in [1.82, 2.24) is 9.80 Å². The third kappa shape index (κ3) is 6.05. The summed E-state index contributed by atoms with van der Waals surface area (Å²) in [6, 6.07) is 23.4. The minimum atomic E-state index is -0.227. The molecule has 0 unspecified atom stereocenters. The molecule has 2 aliphatic heterocycles. The van der Waals surface area contributed by atoms with Crippen molar-refractivity contribution in [3.8, 4) is 17.6 Å². The van der Waals surface area contributed by atoms with Crippen molar-refractivity contribution in [3.05, 3.63) is 114 Å². The third-order valence-corrected chi connectivity index (χ3v) is 6.51. The van der Waals surface area contributed by atoms with Gasteiger partial charge in [0.1, 0.15) is 17.3 Å². The second-order valence-electron chi connectivity index (χ2n) is 9.07. The molecular formula is C30H27FN4O2. The Kier molecular flexibility index (Phi) is 7.29. The SMILES string of the molecule is N#Cc1ccc(Oc2ccc(N3C=C(C(=O)N4CCN(Cc5ccc(F)cc5)CC4)C=CC3)cc2)cc1. The van der Waals surface area contributed by atoms with E-state index in [9.17, 15) is 9.18 Å². The van der Waals surface area contributed by atoms with Gasteiger partial charge in [-0.25, -0.2) is 4.39 Å². The number of hydrogen-bond acceptors (Lipinski definition) is 5. The Hall–Kier alpha value is -4.41. The van der Waals surface area contributed by atoms with Gasteiger partial charge in [0.15, 0.2) is 0 Å². The largest absolute Gasteiger partial charge is 0.457 e. The molecule has 5 rings (SSSR count). The fourth-order valence-corrected chi connectivity index (χ4v) is 4.44. The van der Waals surface area contributed by atoms with Crippen LogP contribution in [0.5, 0.6) is 11.5 Å². The zero-order valence-corrected chi connectivity index (χ0v) is 20.4. The lowest BCUT2D eigenvalue weighted by Crippen LogP contribution is -2.48. The Morgan fingerprint density at radius 2 is 1.54 bits per heavy atom. The van der Waals surface area contributed by atoms with Gasteiger partial charge in [0.2, 0.25) is 0 Å². The predicted octanol–water partition coefficient (Wildman–Crippen LogP) is 5.09. The number of rotatable bonds is 6. The van der Waals surface area contributed by atoms with E-state index >= 15 is 0 Å². The number of nitrogens with zero attached hydrogens (tertiary/aromatic N) is 4. The molecular weight excluding hydrogens is 467 g/mol. The highest BCUT2D eigenvalue weighted by Gasteiger charge is 2.24. The lowest BCUT2D eigenvalue weighted by Gasteiger charge is -2.35. The van der Waals surface area contributed by atoms with Crippen LogP contribution >= 0.6 is 0 Å². The Bertz CT molecular complexity index is 1330. The minimum absolute atomic E-state index is 0.0307. The summed E-state index contributed by atoms with van der Waals surface area (Å²) in [7, 11) is 0. The molecule has 186 valence electrons. The van der Waals surface area contributed by atoms with Crippen LogP contribution in [0.4, 0.5) is 10.1 Å². The first-order valence-corrected chi connectivity index (χ1v) is 12.3. The Morgan fingerprint density at radius 1 is 0.892 bits per heavy atom. The summed E-state index contributed by atoms with van der Waals surface area (Å²) in [5.41, 5.74) is 3.29. The van der Waals surface area contributed by atoms with Crippen LogP contribution in [0.15, 0.2) is 96.7 Å². The van der Waals surface area contributed by atoms with Crippen LogP contribution in [0.2, 0.25) is 0 Å². The van der Waals surface area contributed by atoms with Crippen LogP contribution in [0.1, 0.15) is 11.1 Å². The number of nitriles is 1. The smallest absolute Gasteiger partial charge is 0.255 e. The van der Waals surface area contributed by atoms with Gasteiger partial charge in [-0.2, -0.15) is 5.26 Å². The van der Waals surface area contributed by atoms with Crippen LogP contribution in [0, 0.1) is 17.1 Å². The summed E-state index contributed by atoms with van der Waals surface area (Å²) < 4.78 is 19.0. The number of hydrogen-bond donors (Lipinski definition) is 0. The number of carbonyl (C=O) groups excluding carboxylic acids is 1. The lowest BCUT2D eigenvalue weighted by atomic mass is 10.1. The van der Waals surface area contributed by atoms with Crippen LogP contribution < -0.4 is 9.64 Å². The zero-order chi connectivity index (χ0) is 25.6. The molecule has 3 aromatic rings. The second kappa shape index (κ2) is 11.1. The van der Waals surface area contributed by atoms with Crippen molar-refractivity contribution in [3.63, 3.8) is 0 Å². The number of benzene rings is 3. The molecule has 7 heteroatoms. The monoisotopic (exact) mass is 494 g/mol. The third-order valence-electron chi connectivity index (χ3n) is 6.51. The summed E-state index contributed by atoms with van der Waals surface area (Å²) in [6.07, 6.45) is 5.80. The fourth-order valence-electron chi connectivity index (χ4n) is 4.44. The highest BCUT2D eigenvalue weighted by atomic mass is 19.1. The van der Waals surface area contributed by atoms with Crippen LogP contribution in [-0.4, -0.2) is 48.4 Å². The van der Waals surface area contributed by atoms with E-state index in [0.717, 1.165) is 30.9 Å². The number of ether oxygens (including phenoxy) is 1. The van der Waals surface area contributed by atoms with E-state index in [-0.39, 0.29) is 11.7 Å². The van der Waals surface area contributed by atoms with Crippen LogP contribution in [0.25, 0.3) is 0 Å². The van der Waals surface area contributed by atoms with E-state index in [1.165, 1.54) is 12.1 Å². The molecule has 1 amide bonds. The van der Waals surface area contributed by atoms with E-state index in [0.29, 0.717) is 42.3 Å². The van der Waals surface area contributed by atoms with Gasteiger partial charge >= 0.3 is 0 Å². The topological polar surface area (TPSA) is 59.8 Å². The quantitative estimate of drug-likeness (QED) is 0.478. The molecule has 2 heterocycles. The molecule has 0 bridgehead atoms. The molecule has 0 aromatic heterocycles. The first-order valence-electron chi connectivity index (χ1n) is 12.3. The lowest BCUT2D eigenvalue weighted by molar-refractivity contribution is -0.128. The summed E-state index contributed by atoms with van der Waals surface area (Å²) >= 11 is 0. The highest BCUT2D eigenvalue weighted by Crippen LogP contribution is 2.26. The molecule has 0 aliphatic carbocycles. The van der Waals surface area contributed by atoms with Crippen molar-refractivity contribution >= 4 is 11.6 Å². The van der Waals surface area contributed by atoms with Gasteiger partial charge in [-0.05, 0) is 66.2 Å². The molecule has 37 heavy (non-hydrogen) atoms. The van der Waals surface area contributed by atoms with Gasteiger partial charge in [-0.1, -0.05) is 24.3 Å². The van der Waals surface area contributed by atoms with E-state index in [2.05, 4.69) is 11.0 Å². The molecule has 0 spiro atoms. The van der Waals surface area contributed by atoms with Crippen molar-refractivity contribution in [2.75, 3.05) is 37.6 Å². The summed E-state index contributed by atoms with van der Waals surface area (Å²) in [5, 5.41) is 8.93. The van der Waals surface area contributed by atoms with Crippen molar-refractivity contribution in [2.24, 2.45) is 0 Å². The molecule has 6 nitrogen and oxygen atoms in total. The summed E-state index contributed by atoms with van der Waals surface area (Å²) in [4.78, 5) is 19.4. The minimum Gasteiger partial charge on any atom is -0.457 e. The first-order chi connectivity index (χ1) is 18.1. The number of amides is 1. The zero-order valence-electron chi connectivity index (χ0n) is 20.4. The molecule has 1 saturated heterocycles. The standard InChI is InChI=1S/C30H27FN4O2/c31-26-7-3-24(4-8-26)21-33-16-18-34(19-17-33)30(36)25-2-1-15-35(22-25)27-9-13-29(14-10-27)37-28-11-5-23(20-32)6-12-28/h1-14,22H,15-19,21H2. The predicted molar refractivity (Wildman–Crippen MR) is 140 cm³/mol. The average Bonchev–Trinajstić information content (AvgIpc) is 2.95. The molecule has 0 N–H and O–H groups in total. The van der Waals surface area contributed by atoms with E-state index < -0.39 is 0 Å². The number of halogens is 1. The number of anilines is 1. The summed E-state index contributed by atoms with van der Waals surface area (Å²) in [6.45, 7) is 4.32. The van der Waals surface area contributed by atoms with Crippen molar-refractivity contribution in [1.29, 1.82) is 5.26 Å². The molecule has 2 aliphatic rings. The normalized spacial score (nSPS) is 15.7. The highest BCUT2D eigenvalue weighted by molar-refractivity contribution is 5.97. The van der Waals surface area contributed by atoms with E-state index in [1.807, 2.05) is 64.6 Å². The Balaban J connectivity index is 1.17. The first kappa shape index (κ1) is 24.3. The number of piperazine rings is 1. The van der Waals surface area contributed by atoms with Gasteiger partial charge in [0.05, 0.1) is 17.2 Å². The van der Waals surface area contributed by atoms with Crippen LogP contribution in [0.3, 0.4) is 0 Å². The maximum atomic E-state index is 13.2. The molecule has 0 saturated carbocycles. The maximum absolute atomic E-state index is 13.2. The Morgan fingerprint density at radius 3 is 2.19 bits per heavy atom.